The first-order valence-electron chi connectivity index (χ1n) is 5.31. The first-order chi connectivity index (χ1) is 8.76. The minimum Gasteiger partial charge on any atom is -0.455 e. The van der Waals surface area contributed by atoms with Crippen LogP contribution in [-0.4, -0.2) is 12.5 Å². The number of para-hydroxylation sites is 1. The van der Waals surface area contributed by atoms with Crippen LogP contribution in [0.2, 0.25) is 5.02 Å². The lowest BCUT2D eigenvalue weighted by atomic mass is 10.2. The van der Waals surface area contributed by atoms with Crippen LogP contribution < -0.4 is 4.74 Å². The molecule has 0 aromatic heterocycles. The summed E-state index contributed by atoms with van der Waals surface area (Å²) < 4.78 is 5.77. The number of carbonyl (C=O) groups is 1. The minimum atomic E-state index is 0.370. The molecule has 0 heterocycles. The predicted molar refractivity (Wildman–Crippen MR) is 75.1 cm³/mol. The summed E-state index contributed by atoms with van der Waals surface area (Å²) in [5.74, 6) is 1.19. The fourth-order valence-electron chi connectivity index (χ4n) is 1.54. The third-order valence-corrected chi connectivity index (χ3v) is 3.53. The molecule has 0 amide bonds. The van der Waals surface area contributed by atoms with E-state index in [9.17, 15) is 4.79 Å². The Bertz CT molecular complexity index is 569. The molecule has 2 aromatic rings. The lowest BCUT2D eigenvalue weighted by molar-refractivity contribution is 0.112. The fourth-order valence-corrected chi connectivity index (χ4v) is 2.28. The normalized spacial score (nSPS) is 10.1. The highest BCUT2D eigenvalue weighted by Crippen LogP contribution is 2.34. The summed E-state index contributed by atoms with van der Waals surface area (Å²) in [6.45, 7) is 0. The van der Waals surface area contributed by atoms with E-state index in [0.29, 0.717) is 22.6 Å². The Labute approximate surface area is 115 Å². The van der Waals surface area contributed by atoms with Crippen LogP contribution in [0.1, 0.15) is 10.4 Å². The van der Waals surface area contributed by atoms with Gasteiger partial charge in [-0.3, -0.25) is 4.79 Å². The number of benzene rings is 2. The van der Waals surface area contributed by atoms with Gasteiger partial charge in [-0.2, -0.15) is 0 Å². The highest BCUT2D eigenvalue weighted by Gasteiger charge is 2.10. The molecule has 4 heteroatoms. The van der Waals surface area contributed by atoms with E-state index >= 15 is 0 Å². The lowest BCUT2D eigenvalue weighted by Crippen LogP contribution is -1.92. The monoisotopic (exact) mass is 278 g/mol. The number of rotatable bonds is 4. The Morgan fingerprint density at radius 2 is 1.83 bits per heavy atom. The average Bonchev–Trinajstić information content (AvgIpc) is 2.40. The van der Waals surface area contributed by atoms with Crippen molar-refractivity contribution in [2.45, 2.75) is 4.90 Å². The van der Waals surface area contributed by atoms with Gasteiger partial charge in [-0.25, -0.2) is 0 Å². The summed E-state index contributed by atoms with van der Waals surface area (Å²) >= 11 is 7.54. The van der Waals surface area contributed by atoms with Gasteiger partial charge in [-0.05, 0) is 30.5 Å². The first kappa shape index (κ1) is 13.0. The van der Waals surface area contributed by atoms with Crippen molar-refractivity contribution in [2.24, 2.45) is 0 Å². The summed E-state index contributed by atoms with van der Waals surface area (Å²) in [5.41, 5.74) is 0.370. The van der Waals surface area contributed by atoms with E-state index in [0.717, 1.165) is 10.6 Å². The van der Waals surface area contributed by atoms with Crippen LogP contribution in [-0.2, 0) is 0 Å². The largest absolute Gasteiger partial charge is 0.455 e. The molecule has 0 fully saturated rings. The van der Waals surface area contributed by atoms with E-state index in [4.69, 9.17) is 16.3 Å². The number of carbonyl (C=O) groups excluding carboxylic acids is 1. The Morgan fingerprint density at radius 3 is 2.56 bits per heavy atom. The van der Waals surface area contributed by atoms with Crippen molar-refractivity contribution in [3.63, 3.8) is 0 Å². The fraction of sp³-hybridized carbons (Fsp3) is 0.0714. The summed E-state index contributed by atoms with van der Waals surface area (Å²) in [4.78, 5) is 12.0. The molecule has 0 saturated heterocycles. The maximum atomic E-state index is 11.0. The third kappa shape index (κ3) is 2.68. The zero-order chi connectivity index (χ0) is 13.0. The number of hydrogen-bond acceptors (Lipinski definition) is 3. The molecular weight excluding hydrogens is 268 g/mol. The topological polar surface area (TPSA) is 26.3 Å². The van der Waals surface area contributed by atoms with Crippen molar-refractivity contribution < 1.29 is 9.53 Å². The van der Waals surface area contributed by atoms with Gasteiger partial charge in [-0.15, -0.1) is 11.8 Å². The average molecular weight is 279 g/mol. The predicted octanol–water partition coefficient (Wildman–Crippen LogP) is 4.67. The van der Waals surface area contributed by atoms with E-state index in [2.05, 4.69) is 0 Å². The van der Waals surface area contributed by atoms with E-state index in [1.165, 1.54) is 0 Å². The Kier molecular flexibility index (Phi) is 4.28. The molecule has 0 atom stereocenters. The SMILES string of the molecule is CSc1ccccc1Oc1cccc(Cl)c1C=O. The van der Waals surface area contributed by atoms with Gasteiger partial charge >= 0.3 is 0 Å². The molecule has 2 rings (SSSR count). The lowest BCUT2D eigenvalue weighted by Gasteiger charge is -2.11. The minimum absolute atomic E-state index is 0.370. The van der Waals surface area contributed by atoms with Crippen LogP contribution in [0.15, 0.2) is 47.4 Å². The summed E-state index contributed by atoms with van der Waals surface area (Å²) in [7, 11) is 0. The molecule has 0 saturated carbocycles. The molecule has 92 valence electrons. The zero-order valence-electron chi connectivity index (χ0n) is 9.72. The van der Waals surface area contributed by atoms with Crippen molar-refractivity contribution in [3.05, 3.63) is 53.1 Å². The van der Waals surface area contributed by atoms with Crippen molar-refractivity contribution in [2.75, 3.05) is 6.26 Å². The van der Waals surface area contributed by atoms with Gasteiger partial charge in [0.1, 0.15) is 11.5 Å². The molecule has 0 radical (unpaired) electrons. The number of hydrogen-bond donors (Lipinski definition) is 0. The molecule has 0 spiro atoms. The zero-order valence-corrected chi connectivity index (χ0v) is 11.3. The van der Waals surface area contributed by atoms with E-state index in [-0.39, 0.29) is 0 Å². The second kappa shape index (κ2) is 5.94. The van der Waals surface area contributed by atoms with Crippen LogP contribution in [0.4, 0.5) is 0 Å². The molecule has 0 bridgehead atoms. The van der Waals surface area contributed by atoms with Crippen molar-refractivity contribution in [3.8, 4) is 11.5 Å². The van der Waals surface area contributed by atoms with E-state index < -0.39 is 0 Å². The second-order valence-electron chi connectivity index (χ2n) is 3.52. The number of halogens is 1. The van der Waals surface area contributed by atoms with E-state index in [1.54, 1.807) is 30.0 Å². The van der Waals surface area contributed by atoms with Crippen molar-refractivity contribution >= 4 is 29.6 Å². The maximum Gasteiger partial charge on any atom is 0.155 e. The number of aldehydes is 1. The number of ether oxygens (including phenoxy) is 1. The van der Waals surface area contributed by atoms with Crippen LogP contribution in [0.25, 0.3) is 0 Å². The molecule has 0 unspecified atom stereocenters. The Morgan fingerprint density at radius 1 is 1.11 bits per heavy atom. The standard InChI is InChI=1S/C14H11ClO2S/c1-18-14-8-3-2-6-13(14)17-12-7-4-5-11(15)10(12)9-16/h2-9H,1H3. The van der Waals surface area contributed by atoms with Crippen LogP contribution in [0.5, 0.6) is 11.5 Å². The molecule has 2 aromatic carbocycles. The molecule has 0 aliphatic rings. The van der Waals surface area contributed by atoms with Gasteiger partial charge in [0.15, 0.2) is 6.29 Å². The van der Waals surface area contributed by atoms with Crippen LogP contribution in [0.3, 0.4) is 0 Å². The van der Waals surface area contributed by atoms with Gasteiger partial charge in [0, 0.05) is 4.90 Å². The van der Waals surface area contributed by atoms with E-state index in [1.807, 2.05) is 30.5 Å². The smallest absolute Gasteiger partial charge is 0.155 e. The Hall–Kier alpha value is -1.45. The van der Waals surface area contributed by atoms with Gasteiger partial charge in [-0.1, -0.05) is 29.8 Å². The highest BCUT2D eigenvalue weighted by molar-refractivity contribution is 7.98. The molecule has 18 heavy (non-hydrogen) atoms. The van der Waals surface area contributed by atoms with Crippen LogP contribution in [0, 0.1) is 0 Å². The first-order valence-corrected chi connectivity index (χ1v) is 6.91. The third-order valence-electron chi connectivity index (χ3n) is 2.42. The molecular formula is C14H11ClO2S. The van der Waals surface area contributed by atoms with Crippen molar-refractivity contribution in [1.82, 2.24) is 0 Å². The summed E-state index contributed by atoms with van der Waals surface area (Å²) in [6.07, 6.45) is 2.68. The molecule has 0 aliphatic carbocycles. The summed E-state index contributed by atoms with van der Waals surface area (Å²) in [6, 6.07) is 12.8. The second-order valence-corrected chi connectivity index (χ2v) is 4.78. The molecule has 0 aliphatic heterocycles. The molecule has 2 nitrogen and oxygen atoms in total. The number of thioether (sulfide) groups is 1. The Balaban J connectivity index is 2.40. The van der Waals surface area contributed by atoms with Crippen LogP contribution >= 0.6 is 23.4 Å². The van der Waals surface area contributed by atoms with Gasteiger partial charge in [0.05, 0.1) is 10.6 Å². The van der Waals surface area contributed by atoms with Crippen molar-refractivity contribution in [1.29, 1.82) is 0 Å². The van der Waals surface area contributed by atoms with Gasteiger partial charge < -0.3 is 4.74 Å². The summed E-state index contributed by atoms with van der Waals surface area (Å²) in [5, 5.41) is 0.393. The van der Waals surface area contributed by atoms with Gasteiger partial charge in [0.2, 0.25) is 0 Å². The quantitative estimate of drug-likeness (QED) is 0.601. The van der Waals surface area contributed by atoms with Gasteiger partial charge in [0.25, 0.3) is 0 Å². The molecule has 0 N–H and O–H groups in total. The highest BCUT2D eigenvalue weighted by atomic mass is 35.5. The maximum absolute atomic E-state index is 11.0.